The molecule has 0 saturated carbocycles. The number of aliphatic hydroxyl groups excluding tert-OH is 1. The van der Waals surface area contributed by atoms with E-state index in [9.17, 15) is 9.59 Å². The summed E-state index contributed by atoms with van der Waals surface area (Å²) in [6.07, 6.45) is 1.06. The molecule has 1 aliphatic heterocycles. The SMILES string of the molecule is O=c1ccn([C@H]2C[Se][C@@H](CO)O2)c(=O)[nH]1. The van der Waals surface area contributed by atoms with Crippen LogP contribution >= 0.6 is 0 Å². The maximum absolute atomic E-state index is 11.4. The van der Waals surface area contributed by atoms with E-state index >= 15 is 0 Å². The minimum atomic E-state index is -0.470. The summed E-state index contributed by atoms with van der Waals surface area (Å²) in [7, 11) is 0. The van der Waals surface area contributed by atoms with E-state index in [1.54, 1.807) is 0 Å². The first-order chi connectivity index (χ1) is 7.20. The molecule has 0 amide bonds. The molecule has 1 fully saturated rings. The third-order valence-electron chi connectivity index (χ3n) is 2.04. The molecule has 2 heterocycles. The predicted molar refractivity (Wildman–Crippen MR) is 52.9 cm³/mol. The number of rotatable bonds is 2. The summed E-state index contributed by atoms with van der Waals surface area (Å²) in [5.74, 6) is 0. The molecule has 0 spiro atoms. The van der Waals surface area contributed by atoms with Crippen LogP contribution in [-0.2, 0) is 4.74 Å². The van der Waals surface area contributed by atoms with Crippen molar-refractivity contribution in [2.45, 2.75) is 16.5 Å². The van der Waals surface area contributed by atoms with Crippen molar-refractivity contribution in [1.82, 2.24) is 9.55 Å². The van der Waals surface area contributed by atoms with Crippen LogP contribution in [0.4, 0.5) is 0 Å². The van der Waals surface area contributed by atoms with E-state index in [0.29, 0.717) is 0 Å². The van der Waals surface area contributed by atoms with Crippen LogP contribution in [0.2, 0.25) is 5.32 Å². The van der Waals surface area contributed by atoms with Crippen LogP contribution in [0.15, 0.2) is 21.9 Å². The summed E-state index contributed by atoms with van der Waals surface area (Å²) in [6, 6.07) is 1.28. The molecule has 0 aliphatic carbocycles. The number of nitrogens with one attached hydrogen (secondary N) is 1. The number of hydrogen-bond acceptors (Lipinski definition) is 4. The van der Waals surface area contributed by atoms with Crippen molar-refractivity contribution < 1.29 is 9.84 Å². The molecule has 1 aromatic heterocycles. The average molecular weight is 277 g/mol. The zero-order chi connectivity index (χ0) is 10.8. The number of aliphatic hydroxyl groups is 1. The summed E-state index contributed by atoms with van der Waals surface area (Å²) >= 11 is 0.176. The third-order valence-corrected chi connectivity index (χ3v) is 4.37. The topological polar surface area (TPSA) is 84.3 Å². The van der Waals surface area contributed by atoms with Crippen molar-refractivity contribution in [3.63, 3.8) is 0 Å². The summed E-state index contributed by atoms with van der Waals surface area (Å²) in [6.45, 7) is -0.0192. The van der Waals surface area contributed by atoms with Crippen LogP contribution in [0, 0.1) is 0 Å². The first-order valence-corrected chi connectivity index (χ1v) is 6.60. The molecule has 0 aromatic carbocycles. The van der Waals surface area contributed by atoms with Gasteiger partial charge in [0, 0.05) is 0 Å². The van der Waals surface area contributed by atoms with Gasteiger partial charge in [0.15, 0.2) is 0 Å². The van der Waals surface area contributed by atoms with Crippen LogP contribution in [0.25, 0.3) is 0 Å². The van der Waals surface area contributed by atoms with Crippen molar-refractivity contribution in [2.75, 3.05) is 6.61 Å². The van der Waals surface area contributed by atoms with Gasteiger partial charge in [0.2, 0.25) is 0 Å². The van der Waals surface area contributed by atoms with Crippen LogP contribution in [0.3, 0.4) is 0 Å². The van der Waals surface area contributed by atoms with Gasteiger partial charge in [-0.1, -0.05) is 0 Å². The van der Waals surface area contributed by atoms with Crippen LogP contribution in [0.5, 0.6) is 0 Å². The van der Waals surface area contributed by atoms with Gasteiger partial charge in [-0.15, -0.1) is 0 Å². The van der Waals surface area contributed by atoms with E-state index in [-0.39, 0.29) is 32.8 Å². The predicted octanol–water partition coefficient (Wildman–Crippen LogP) is -1.49. The number of aromatic amines is 1. The average Bonchev–Trinajstić information content (AvgIpc) is 2.66. The monoisotopic (exact) mass is 278 g/mol. The van der Waals surface area contributed by atoms with E-state index in [4.69, 9.17) is 9.84 Å². The Bertz CT molecular complexity index is 454. The van der Waals surface area contributed by atoms with Gasteiger partial charge in [-0.3, -0.25) is 0 Å². The number of aromatic nitrogens is 2. The van der Waals surface area contributed by atoms with Crippen molar-refractivity contribution in [3.05, 3.63) is 33.1 Å². The van der Waals surface area contributed by atoms with Gasteiger partial charge in [-0.2, -0.15) is 0 Å². The van der Waals surface area contributed by atoms with E-state index in [2.05, 4.69) is 4.98 Å². The Morgan fingerprint density at radius 3 is 3.07 bits per heavy atom. The normalized spacial score (nSPS) is 25.7. The molecule has 82 valence electrons. The summed E-state index contributed by atoms with van der Waals surface area (Å²) in [5.41, 5.74) is -0.889. The van der Waals surface area contributed by atoms with Gasteiger partial charge >= 0.3 is 90.6 Å². The molecule has 1 saturated heterocycles. The molecule has 0 radical (unpaired) electrons. The van der Waals surface area contributed by atoms with Gasteiger partial charge in [-0.05, 0) is 0 Å². The minimum absolute atomic E-state index is 0.0192. The Kier molecular flexibility index (Phi) is 3.06. The standard InChI is InChI=1S/C8H10N2O4Se/c11-3-7-14-6(4-15-7)10-2-1-5(12)9-8(10)13/h1-2,6-7,11H,3-4H2,(H,9,12,13)/t6-,7+/m1/s1. The molecule has 1 aromatic rings. The molecular formula is C8H10N2O4Se. The molecule has 1 aliphatic rings. The van der Waals surface area contributed by atoms with E-state index in [1.807, 2.05) is 0 Å². The second-order valence-electron chi connectivity index (χ2n) is 3.05. The fourth-order valence-corrected chi connectivity index (χ4v) is 3.29. The zero-order valence-corrected chi connectivity index (χ0v) is 9.46. The number of hydrogen-bond donors (Lipinski definition) is 2. The second kappa shape index (κ2) is 4.32. The molecule has 6 nitrogen and oxygen atoms in total. The van der Waals surface area contributed by atoms with Gasteiger partial charge in [0.05, 0.1) is 0 Å². The molecular weight excluding hydrogens is 267 g/mol. The van der Waals surface area contributed by atoms with Crippen LogP contribution in [0.1, 0.15) is 6.23 Å². The van der Waals surface area contributed by atoms with Gasteiger partial charge in [-0.25, -0.2) is 0 Å². The first kappa shape index (κ1) is 10.6. The van der Waals surface area contributed by atoms with E-state index in [0.717, 1.165) is 5.32 Å². The molecule has 0 bridgehead atoms. The molecule has 2 atom stereocenters. The van der Waals surface area contributed by atoms with Crippen molar-refractivity contribution in [1.29, 1.82) is 0 Å². The Labute approximate surface area is 91.0 Å². The molecule has 2 rings (SSSR count). The van der Waals surface area contributed by atoms with Crippen molar-refractivity contribution in [3.8, 4) is 0 Å². The van der Waals surface area contributed by atoms with Gasteiger partial charge in [0.1, 0.15) is 0 Å². The molecule has 2 N–H and O–H groups in total. The summed E-state index contributed by atoms with van der Waals surface area (Å²) < 4.78 is 6.78. The number of H-pyrrole nitrogens is 1. The van der Waals surface area contributed by atoms with E-state index in [1.165, 1.54) is 16.8 Å². The Morgan fingerprint density at radius 1 is 1.67 bits per heavy atom. The Balaban J connectivity index is 2.24. The summed E-state index contributed by atoms with van der Waals surface area (Å²) in [5, 5.41) is 9.46. The quantitative estimate of drug-likeness (QED) is 0.645. The van der Waals surface area contributed by atoms with Crippen molar-refractivity contribution in [2.24, 2.45) is 0 Å². The first-order valence-electron chi connectivity index (χ1n) is 4.40. The van der Waals surface area contributed by atoms with Crippen LogP contribution in [-0.4, -0.2) is 41.2 Å². The van der Waals surface area contributed by atoms with Crippen molar-refractivity contribution >= 4 is 15.0 Å². The molecule has 15 heavy (non-hydrogen) atoms. The Hall–Kier alpha value is -0.881. The van der Waals surface area contributed by atoms with Gasteiger partial charge in [0.25, 0.3) is 0 Å². The third kappa shape index (κ3) is 2.21. The summed E-state index contributed by atoms with van der Waals surface area (Å²) in [4.78, 5) is 24.4. The molecule has 0 unspecified atom stereocenters. The second-order valence-corrected chi connectivity index (χ2v) is 5.56. The van der Waals surface area contributed by atoms with Crippen LogP contribution < -0.4 is 11.2 Å². The van der Waals surface area contributed by atoms with E-state index < -0.39 is 11.2 Å². The number of nitrogens with zero attached hydrogens (tertiary/aromatic N) is 1. The Morgan fingerprint density at radius 2 is 2.47 bits per heavy atom. The fourth-order valence-electron chi connectivity index (χ4n) is 1.34. The number of ether oxygens (including phenoxy) is 1. The molecule has 7 heteroatoms. The van der Waals surface area contributed by atoms with Gasteiger partial charge < -0.3 is 0 Å². The zero-order valence-electron chi connectivity index (χ0n) is 7.75. The fraction of sp³-hybridized carbons (Fsp3) is 0.500. The maximum atomic E-state index is 11.4.